The highest BCUT2D eigenvalue weighted by molar-refractivity contribution is 6.85. The second kappa shape index (κ2) is 7.54. The van der Waals surface area contributed by atoms with Crippen LogP contribution in [-0.4, -0.2) is 28.4 Å². The van der Waals surface area contributed by atoms with E-state index >= 15 is 0 Å². The van der Waals surface area contributed by atoms with E-state index in [0.717, 1.165) is 23.8 Å². The second-order valence-electron chi connectivity index (χ2n) is 6.59. The van der Waals surface area contributed by atoms with Crippen LogP contribution in [0, 0.1) is 11.8 Å². The normalized spacial score (nSPS) is 19.8. The zero-order valence-electron chi connectivity index (χ0n) is 12.1. The van der Waals surface area contributed by atoms with E-state index in [9.17, 15) is 0 Å². The van der Waals surface area contributed by atoms with E-state index in [1.165, 1.54) is 0 Å². The summed E-state index contributed by atoms with van der Waals surface area (Å²) in [5.41, 5.74) is 0. The minimum atomic E-state index is -1.66. The lowest BCUT2D eigenvalue weighted by atomic mass is 10.3. The number of alkyl halides is 2. The van der Waals surface area contributed by atoms with Gasteiger partial charge in [0.05, 0.1) is 0 Å². The molecule has 0 spiro atoms. The summed E-state index contributed by atoms with van der Waals surface area (Å²) in [4.78, 5) is 0. The van der Waals surface area contributed by atoms with Gasteiger partial charge in [-0.15, -0.1) is 23.2 Å². The van der Waals surface area contributed by atoms with Gasteiger partial charge in [0.2, 0.25) is 0 Å². The molecular weight excluding hydrogens is 287 g/mol. The summed E-state index contributed by atoms with van der Waals surface area (Å²) in [6.07, 6.45) is 0. The van der Waals surface area contributed by atoms with Crippen molar-refractivity contribution in [1.29, 1.82) is 0 Å². The quantitative estimate of drug-likeness (QED) is 0.444. The van der Waals surface area contributed by atoms with E-state index in [4.69, 9.17) is 27.3 Å². The fourth-order valence-corrected chi connectivity index (χ4v) is 13.1. The zero-order chi connectivity index (χ0) is 13.7. The smallest absolute Gasteiger partial charge is 0.177 e. The molecule has 0 heterocycles. The minimum Gasteiger partial charge on any atom is -0.455 e. The summed E-state index contributed by atoms with van der Waals surface area (Å²) in [5.74, 6) is 2.55. The number of hydrogen-bond donors (Lipinski definition) is 0. The molecule has 0 aliphatic heterocycles. The van der Waals surface area contributed by atoms with Crippen molar-refractivity contribution in [2.24, 2.45) is 11.8 Å². The van der Waals surface area contributed by atoms with Crippen LogP contribution in [0.25, 0.3) is 0 Å². The molecular formula is C12H28Cl2OSi2. The molecule has 104 valence electrons. The first-order chi connectivity index (χ1) is 7.62. The SMILES string of the molecule is CC(CCl)C[Si](C)(CC(C)CCl)O[Si](C)(C)C. The highest BCUT2D eigenvalue weighted by Gasteiger charge is 2.36. The van der Waals surface area contributed by atoms with Gasteiger partial charge in [-0.05, 0) is 50.1 Å². The van der Waals surface area contributed by atoms with Gasteiger partial charge < -0.3 is 4.12 Å². The molecule has 0 aliphatic rings. The third-order valence-corrected chi connectivity index (χ3v) is 11.2. The van der Waals surface area contributed by atoms with Gasteiger partial charge in [-0.2, -0.15) is 0 Å². The first-order valence-electron chi connectivity index (χ1n) is 6.44. The Hall–Kier alpha value is 0.974. The maximum atomic E-state index is 6.53. The van der Waals surface area contributed by atoms with Crippen molar-refractivity contribution in [3.8, 4) is 0 Å². The van der Waals surface area contributed by atoms with Crippen LogP contribution in [0.15, 0.2) is 0 Å². The van der Waals surface area contributed by atoms with E-state index in [1.807, 2.05) is 0 Å². The molecule has 0 saturated carbocycles. The van der Waals surface area contributed by atoms with Crippen molar-refractivity contribution < 1.29 is 4.12 Å². The lowest BCUT2D eigenvalue weighted by molar-refractivity contribution is 0.501. The van der Waals surface area contributed by atoms with Crippen molar-refractivity contribution >= 4 is 39.8 Å². The first kappa shape index (κ1) is 18.0. The Morgan fingerprint density at radius 2 is 1.24 bits per heavy atom. The Morgan fingerprint density at radius 1 is 0.882 bits per heavy atom. The number of hydrogen-bond acceptors (Lipinski definition) is 1. The highest BCUT2D eigenvalue weighted by atomic mass is 35.5. The fourth-order valence-electron chi connectivity index (χ4n) is 2.49. The number of rotatable bonds is 8. The summed E-state index contributed by atoms with van der Waals surface area (Å²) in [7, 11) is -3.14. The predicted molar refractivity (Wildman–Crippen MR) is 85.4 cm³/mol. The summed E-state index contributed by atoms with van der Waals surface area (Å²) in [6.45, 7) is 13.6. The van der Waals surface area contributed by atoms with Gasteiger partial charge >= 0.3 is 0 Å². The van der Waals surface area contributed by atoms with Gasteiger partial charge in [0.15, 0.2) is 16.6 Å². The first-order valence-corrected chi connectivity index (χ1v) is 13.7. The summed E-state index contributed by atoms with van der Waals surface area (Å²) in [5, 5.41) is 0. The molecule has 5 heteroatoms. The maximum absolute atomic E-state index is 6.53. The van der Waals surface area contributed by atoms with Crippen molar-refractivity contribution in [2.75, 3.05) is 11.8 Å². The molecule has 0 radical (unpaired) electrons. The largest absolute Gasteiger partial charge is 0.455 e. The van der Waals surface area contributed by atoms with Gasteiger partial charge in [-0.25, -0.2) is 0 Å². The Kier molecular flexibility index (Phi) is 7.97. The molecule has 0 aromatic carbocycles. The Bertz CT molecular complexity index is 207. The third-order valence-electron chi connectivity index (χ3n) is 2.64. The van der Waals surface area contributed by atoms with Crippen LogP contribution < -0.4 is 0 Å². The standard InChI is InChI=1S/C12H28Cl2OSi2/c1-11(7-13)9-17(6,10-12(2)8-14)15-16(3,4)5/h11-12H,7-10H2,1-6H3. The molecule has 0 bridgehead atoms. The average Bonchev–Trinajstić information content (AvgIpc) is 2.13. The Balaban J connectivity index is 4.67. The third kappa shape index (κ3) is 8.65. The van der Waals surface area contributed by atoms with Crippen LogP contribution in [0.4, 0.5) is 0 Å². The van der Waals surface area contributed by atoms with E-state index in [0.29, 0.717) is 11.8 Å². The molecule has 2 atom stereocenters. The molecule has 0 N–H and O–H groups in total. The van der Waals surface area contributed by atoms with Gasteiger partial charge in [0.25, 0.3) is 0 Å². The lowest BCUT2D eigenvalue weighted by Gasteiger charge is -2.37. The van der Waals surface area contributed by atoms with Crippen LogP contribution >= 0.6 is 23.2 Å². The van der Waals surface area contributed by atoms with Crippen molar-refractivity contribution in [2.45, 2.75) is 52.1 Å². The topological polar surface area (TPSA) is 9.23 Å². The molecule has 0 fully saturated rings. The Labute approximate surface area is 119 Å². The molecule has 0 aliphatic carbocycles. The monoisotopic (exact) mass is 314 g/mol. The van der Waals surface area contributed by atoms with Crippen LogP contribution in [0.5, 0.6) is 0 Å². The fraction of sp³-hybridized carbons (Fsp3) is 1.00. The van der Waals surface area contributed by atoms with Gasteiger partial charge in [-0.3, -0.25) is 0 Å². The van der Waals surface area contributed by atoms with E-state index < -0.39 is 16.6 Å². The second-order valence-corrected chi connectivity index (χ2v) is 16.0. The summed E-state index contributed by atoms with van der Waals surface area (Å²) < 4.78 is 6.53. The molecule has 0 aromatic rings. The van der Waals surface area contributed by atoms with Crippen LogP contribution in [0.1, 0.15) is 13.8 Å². The minimum absolute atomic E-state index is 0.548. The lowest BCUT2D eigenvalue weighted by Crippen LogP contribution is -2.46. The Morgan fingerprint density at radius 3 is 1.47 bits per heavy atom. The predicted octanol–water partition coefficient (Wildman–Crippen LogP) is 5.16. The molecule has 0 saturated heterocycles. The number of halogens is 2. The molecule has 1 nitrogen and oxygen atoms in total. The van der Waals surface area contributed by atoms with Crippen LogP contribution in [0.3, 0.4) is 0 Å². The van der Waals surface area contributed by atoms with Crippen molar-refractivity contribution in [1.82, 2.24) is 0 Å². The van der Waals surface area contributed by atoms with E-state index in [-0.39, 0.29) is 0 Å². The maximum Gasteiger partial charge on any atom is 0.177 e. The van der Waals surface area contributed by atoms with Crippen LogP contribution in [0.2, 0.25) is 38.3 Å². The van der Waals surface area contributed by atoms with Gasteiger partial charge in [-0.1, -0.05) is 13.8 Å². The zero-order valence-corrected chi connectivity index (χ0v) is 15.7. The molecule has 0 rings (SSSR count). The summed E-state index contributed by atoms with van der Waals surface area (Å²) >= 11 is 11.9. The molecule has 17 heavy (non-hydrogen) atoms. The van der Waals surface area contributed by atoms with Gasteiger partial charge in [0, 0.05) is 11.8 Å². The molecule has 2 unspecified atom stereocenters. The highest BCUT2D eigenvalue weighted by Crippen LogP contribution is 2.30. The van der Waals surface area contributed by atoms with E-state index in [2.05, 4.69) is 40.0 Å². The van der Waals surface area contributed by atoms with Crippen molar-refractivity contribution in [3.05, 3.63) is 0 Å². The molecule has 0 aromatic heterocycles. The van der Waals surface area contributed by atoms with Crippen molar-refractivity contribution in [3.63, 3.8) is 0 Å². The average molecular weight is 315 g/mol. The summed E-state index contributed by atoms with van der Waals surface area (Å²) in [6, 6.07) is 2.31. The van der Waals surface area contributed by atoms with Gasteiger partial charge in [0.1, 0.15) is 0 Å². The van der Waals surface area contributed by atoms with Crippen LogP contribution in [-0.2, 0) is 4.12 Å². The van der Waals surface area contributed by atoms with E-state index in [1.54, 1.807) is 0 Å². The molecule has 0 amide bonds.